The fraction of sp³-hybridized carbons (Fsp3) is 0.312. The van der Waals surface area contributed by atoms with Gasteiger partial charge in [-0.1, -0.05) is 6.92 Å². The third kappa shape index (κ3) is 3.69. The molecule has 0 saturated heterocycles. The van der Waals surface area contributed by atoms with E-state index >= 15 is 0 Å². The van der Waals surface area contributed by atoms with Crippen molar-refractivity contribution < 1.29 is 12.8 Å². The number of rotatable bonds is 6. The highest BCUT2D eigenvalue weighted by Crippen LogP contribution is 2.21. The maximum absolute atomic E-state index is 13.2. The van der Waals surface area contributed by atoms with Gasteiger partial charge in [-0.15, -0.1) is 0 Å². The summed E-state index contributed by atoms with van der Waals surface area (Å²) in [7, 11) is -3.62. The molecule has 0 bridgehead atoms. The van der Waals surface area contributed by atoms with Crippen molar-refractivity contribution in [1.82, 2.24) is 9.29 Å². The van der Waals surface area contributed by atoms with Gasteiger partial charge in [-0.25, -0.2) is 12.8 Å². The molecule has 6 heteroatoms. The maximum atomic E-state index is 13.2. The Balaban J connectivity index is 2.21. The van der Waals surface area contributed by atoms with Crippen LogP contribution >= 0.6 is 0 Å². The second kappa shape index (κ2) is 6.98. The molecule has 0 saturated carbocycles. The highest BCUT2D eigenvalue weighted by molar-refractivity contribution is 7.89. The number of nitrogens with zero attached hydrogens (tertiary/aromatic N) is 2. The minimum Gasteiger partial charge on any atom is -0.265 e. The molecule has 0 aliphatic carbocycles. The Morgan fingerprint density at radius 1 is 1.18 bits per heavy atom. The first kappa shape index (κ1) is 16.6. The van der Waals surface area contributed by atoms with Crippen molar-refractivity contribution in [3.05, 3.63) is 59.7 Å². The van der Waals surface area contributed by atoms with Crippen LogP contribution in [0.5, 0.6) is 0 Å². The lowest BCUT2D eigenvalue weighted by Gasteiger charge is -2.21. The van der Waals surface area contributed by atoms with Crippen LogP contribution in [-0.2, 0) is 16.4 Å². The van der Waals surface area contributed by atoms with Gasteiger partial charge in [0.05, 0.1) is 4.90 Å². The van der Waals surface area contributed by atoms with Crippen molar-refractivity contribution >= 4 is 10.0 Å². The number of sulfonamides is 1. The number of aromatic nitrogens is 1. The van der Waals surface area contributed by atoms with Gasteiger partial charge >= 0.3 is 0 Å². The van der Waals surface area contributed by atoms with Crippen LogP contribution in [0.4, 0.5) is 4.39 Å². The molecule has 0 atom stereocenters. The Kier molecular flexibility index (Phi) is 5.26. The summed E-state index contributed by atoms with van der Waals surface area (Å²) in [6.07, 6.45) is 3.98. The topological polar surface area (TPSA) is 50.3 Å². The van der Waals surface area contributed by atoms with Crippen LogP contribution < -0.4 is 0 Å². The Labute approximate surface area is 130 Å². The molecule has 0 radical (unpaired) electrons. The third-order valence-electron chi connectivity index (χ3n) is 3.51. The van der Waals surface area contributed by atoms with E-state index in [2.05, 4.69) is 4.98 Å². The summed E-state index contributed by atoms with van der Waals surface area (Å²) in [6, 6.07) is 7.47. The van der Waals surface area contributed by atoms with E-state index in [1.165, 1.54) is 22.5 Å². The molecular weight excluding hydrogens is 303 g/mol. The van der Waals surface area contributed by atoms with Crippen molar-refractivity contribution in [1.29, 1.82) is 0 Å². The van der Waals surface area contributed by atoms with Gasteiger partial charge in [0.25, 0.3) is 0 Å². The lowest BCUT2D eigenvalue weighted by molar-refractivity contribution is 0.430. The predicted molar refractivity (Wildman–Crippen MR) is 83.5 cm³/mol. The Bertz CT molecular complexity index is 733. The molecule has 2 rings (SSSR count). The fourth-order valence-corrected chi connectivity index (χ4v) is 3.95. The predicted octanol–water partition coefficient (Wildman–Crippen LogP) is 2.78. The van der Waals surface area contributed by atoms with Crippen LogP contribution in [-0.4, -0.2) is 30.8 Å². The van der Waals surface area contributed by atoms with Crippen molar-refractivity contribution in [3.63, 3.8) is 0 Å². The smallest absolute Gasteiger partial charge is 0.243 e. The number of hydrogen-bond acceptors (Lipinski definition) is 3. The molecule has 0 aliphatic heterocycles. The molecule has 118 valence electrons. The van der Waals surface area contributed by atoms with Crippen molar-refractivity contribution in [2.75, 3.05) is 13.1 Å². The summed E-state index contributed by atoms with van der Waals surface area (Å²) in [6.45, 7) is 4.14. The first-order chi connectivity index (χ1) is 10.4. The van der Waals surface area contributed by atoms with E-state index in [1.807, 2.05) is 12.1 Å². The summed E-state index contributed by atoms with van der Waals surface area (Å²) in [4.78, 5) is 4.10. The molecule has 2 aromatic rings. The van der Waals surface area contributed by atoms with E-state index < -0.39 is 15.8 Å². The van der Waals surface area contributed by atoms with Crippen LogP contribution in [0.1, 0.15) is 18.1 Å². The zero-order chi connectivity index (χ0) is 16.2. The average Bonchev–Trinajstić information content (AvgIpc) is 2.48. The number of hydrogen-bond donors (Lipinski definition) is 0. The van der Waals surface area contributed by atoms with E-state index in [-0.39, 0.29) is 4.90 Å². The largest absolute Gasteiger partial charge is 0.265 e. The molecule has 1 aromatic carbocycles. The van der Waals surface area contributed by atoms with E-state index in [0.717, 1.165) is 5.56 Å². The molecular formula is C16H19FN2O2S. The van der Waals surface area contributed by atoms with E-state index in [0.29, 0.717) is 25.1 Å². The SMILES string of the molecule is CCN(CCc1ccncc1)S(=O)(=O)c1ccc(F)cc1C. The van der Waals surface area contributed by atoms with Gasteiger partial charge in [0, 0.05) is 25.5 Å². The summed E-state index contributed by atoms with van der Waals surface area (Å²) in [5, 5.41) is 0. The number of pyridine rings is 1. The highest BCUT2D eigenvalue weighted by Gasteiger charge is 2.24. The Morgan fingerprint density at radius 3 is 2.45 bits per heavy atom. The second-order valence-electron chi connectivity index (χ2n) is 5.01. The van der Waals surface area contributed by atoms with Gasteiger partial charge in [0.15, 0.2) is 0 Å². The molecule has 0 N–H and O–H groups in total. The normalized spacial score (nSPS) is 11.8. The molecule has 0 spiro atoms. The van der Waals surface area contributed by atoms with E-state index in [9.17, 15) is 12.8 Å². The van der Waals surface area contributed by atoms with Crippen LogP contribution in [0.15, 0.2) is 47.6 Å². The number of halogens is 1. The second-order valence-corrected chi connectivity index (χ2v) is 6.92. The standard InChI is InChI=1S/C16H19FN2O2S/c1-3-19(11-8-14-6-9-18-10-7-14)22(20,21)16-5-4-15(17)12-13(16)2/h4-7,9-10,12H,3,8,11H2,1-2H3. The summed E-state index contributed by atoms with van der Waals surface area (Å²) >= 11 is 0. The maximum Gasteiger partial charge on any atom is 0.243 e. The van der Waals surface area contributed by atoms with Crippen molar-refractivity contribution in [3.8, 4) is 0 Å². The van der Waals surface area contributed by atoms with E-state index in [1.54, 1.807) is 26.2 Å². The number of likely N-dealkylation sites (N-methyl/N-ethyl adjacent to an activating group) is 1. The highest BCUT2D eigenvalue weighted by atomic mass is 32.2. The number of aryl methyl sites for hydroxylation is 1. The Hall–Kier alpha value is -1.79. The van der Waals surface area contributed by atoms with Gasteiger partial charge in [-0.3, -0.25) is 4.98 Å². The van der Waals surface area contributed by atoms with E-state index in [4.69, 9.17) is 0 Å². The van der Waals surface area contributed by atoms with Gasteiger partial charge in [-0.2, -0.15) is 4.31 Å². The number of benzene rings is 1. The minimum absolute atomic E-state index is 0.158. The lowest BCUT2D eigenvalue weighted by Crippen LogP contribution is -2.33. The fourth-order valence-electron chi connectivity index (χ4n) is 2.29. The summed E-state index contributed by atoms with van der Waals surface area (Å²) < 4.78 is 40.0. The third-order valence-corrected chi connectivity index (χ3v) is 5.64. The Morgan fingerprint density at radius 2 is 1.86 bits per heavy atom. The zero-order valence-corrected chi connectivity index (χ0v) is 13.5. The monoisotopic (exact) mass is 322 g/mol. The minimum atomic E-state index is -3.62. The van der Waals surface area contributed by atoms with Gasteiger partial charge in [0.1, 0.15) is 5.82 Å². The molecule has 0 aliphatic rings. The zero-order valence-electron chi connectivity index (χ0n) is 12.7. The van der Waals surface area contributed by atoms with Crippen molar-refractivity contribution in [2.24, 2.45) is 0 Å². The van der Waals surface area contributed by atoms with Gasteiger partial charge in [-0.05, 0) is 54.8 Å². The quantitative estimate of drug-likeness (QED) is 0.822. The molecule has 0 unspecified atom stereocenters. The molecule has 1 heterocycles. The van der Waals surface area contributed by atoms with Crippen molar-refractivity contribution in [2.45, 2.75) is 25.2 Å². The van der Waals surface area contributed by atoms with Crippen LogP contribution in [0.25, 0.3) is 0 Å². The van der Waals surface area contributed by atoms with Crippen LogP contribution in [0, 0.1) is 12.7 Å². The lowest BCUT2D eigenvalue weighted by atomic mass is 10.2. The molecule has 1 aromatic heterocycles. The molecule has 4 nitrogen and oxygen atoms in total. The van der Waals surface area contributed by atoms with Crippen LogP contribution in [0.2, 0.25) is 0 Å². The summed E-state index contributed by atoms with van der Waals surface area (Å²) in [5.41, 5.74) is 1.45. The molecule has 0 fully saturated rings. The first-order valence-electron chi connectivity index (χ1n) is 7.10. The van der Waals surface area contributed by atoms with Crippen LogP contribution in [0.3, 0.4) is 0 Å². The average molecular weight is 322 g/mol. The van der Waals surface area contributed by atoms with Gasteiger partial charge in [0.2, 0.25) is 10.0 Å². The van der Waals surface area contributed by atoms with Gasteiger partial charge < -0.3 is 0 Å². The molecule has 0 amide bonds. The summed E-state index contributed by atoms with van der Waals surface area (Å²) in [5.74, 6) is -0.434. The molecule has 22 heavy (non-hydrogen) atoms. The first-order valence-corrected chi connectivity index (χ1v) is 8.54.